The molecule has 0 fully saturated rings. The molecule has 2 aromatic heterocycles. The summed E-state index contributed by atoms with van der Waals surface area (Å²) in [6, 6.07) is 18.5. The van der Waals surface area contributed by atoms with Crippen LogP contribution in [0.4, 0.5) is 46.0 Å². The molecule has 0 amide bonds. The largest absolute Gasteiger partial charge is 0.505 e. The predicted octanol–water partition coefficient (Wildman–Crippen LogP) is 8.21. The summed E-state index contributed by atoms with van der Waals surface area (Å²) < 4.78 is 209. The van der Waals surface area contributed by atoms with Crippen LogP contribution in [-0.4, -0.2) is 118 Å². The van der Waals surface area contributed by atoms with Crippen LogP contribution in [0.2, 0.25) is 10.6 Å². The van der Waals surface area contributed by atoms with Gasteiger partial charge in [-0.05, 0) is 119 Å². The van der Waals surface area contributed by atoms with Gasteiger partial charge in [0.15, 0.2) is 23.1 Å². The molecule has 0 bridgehead atoms. The summed E-state index contributed by atoms with van der Waals surface area (Å²) in [5.74, 6) is -4.22. The van der Waals surface area contributed by atoms with Gasteiger partial charge < -0.3 is 20.8 Å². The van der Waals surface area contributed by atoms with E-state index < -0.39 is 179 Å². The first-order chi connectivity index (χ1) is 39.0. The van der Waals surface area contributed by atoms with Gasteiger partial charge in [0.2, 0.25) is 22.5 Å². The Bertz CT molecular complexity index is 4770. The summed E-state index contributed by atoms with van der Waals surface area (Å²) in [5, 5.41) is 40.4. The average Bonchev–Trinajstić information content (AvgIpc) is 3.55. The van der Waals surface area contributed by atoms with Gasteiger partial charge in [0.05, 0.1) is 9.79 Å². The lowest BCUT2D eigenvalue weighted by Crippen LogP contribution is -2.05. The van der Waals surface area contributed by atoms with Crippen LogP contribution in [0, 0.1) is 0 Å². The van der Waals surface area contributed by atoms with Crippen LogP contribution in [0.5, 0.6) is 11.5 Å². The molecule has 0 saturated heterocycles. The SMILES string of the molecule is O=S(=O)(O)c1cc(-c2nc(Cl)nc(Nc3ccc(Nc4nc(Cl)nc(-c5cc(S(=O)(=O)O)cc6cc(S(=O)(=O)O)c(N=Nc7ccccc7S(=O)(=O)O)c(O)c56)n4)cc3)n2)c2c(O)c(N=Nc3ccccc3S(=O)(=O)O)c(S(=O)(=O)O)cc2c1. The minimum absolute atomic E-state index is 0.163. The summed E-state index contributed by atoms with van der Waals surface area (Å²) in [7, 11) is -31.0. The van der Waals surface area contributed by atoms with Crippen LogP contribution >= 0.6 is 23.2 Å². The van der Waals surface area contributed by atoms with Crippen molar-refractivity contribution in [1.82, 2.24) is 29.9 Å². The van der Waals surface area contributed by atoms with Crippen LogP contribution in [0.15, 0.2) is 159 Å². The number of phenols is 2. The van der Waals surface area contributed by atoms with Crippen molar-refractivity contribution in [2.45, 2.75) is 29.4 Å². The van der Waals surface area contributed by atoms with Gasteiger partial charge in [-0.1, -0.05) is 24.3 Å². The Morgan fingerprint density at radius 1 is 0.381 bits per heavy atom. The van der Waals surface area contributed by atoms with Crippen molar-refractivity contribution in [3.8, 4) is 34.3 Å². The van der Waals surface area contributed by atoms with Crippen molar-refractivity contribution in [3.05, 3.63) is 120 Å². The lowest BCUT2D eigenvalue weighted by molar-refractivity contribution is 0.471. The highest BCUT2D eigenvalue weighted by Gasteiger charge is 2.30. The smallest absolute Gasteiger partial charge is 0.296 e. The van der Waals surface area contributed by atoms with Crippen LogP contribution in [0.25, 0.3) is 44.3 Å². The highest BCUT2D eigenvalue weighted by molar-refractivity contribution is 7.87. The van der Waals surface area contributed by atoms with E-state index in [-0.39, 0.29) is 23.3 Å². The molecule has 7 aromatic carbocycles. The number of aromatic nitrogens is 6. The summed E-state index contributed by atoms with van der Waals surface area (Å²) in [5.41, 5.74) is -3.91. The minimum Gasteiger partial charge on any atom is -0.505 e. The molecule has 0 aliphatic rings. The van der Waals surface area contributed by atoms with Gasteiger partial charge in [0.25, 0.3) is 60.7 Å². The zero-order chi connectivity index (χ0) is 61.2. The third kappa shape index (κ3) is 12.8. The molecule has 0 saturated carbocycles. The Morgan fingerprint density at radius 2 is 0.714 bits per heavy atom. The number of aromatic hydroxyl groups is 2. The maximum atomic E-state index is 12.7. The van der Waals surface area contributed by atoms with Crippen LogP contribution in [0.1, 0.15) is 0 Å². The average molecular weight is 1310 g/mol. The number of azo groups is 2. The fourth-order valence-corrected chi connectivity index (χ4v) is 11.8. The highest BCUT2D eigenvalue weighted by atomic mass is 35.5. The van der Waals surface area contributed by atoms with Crippen LogP contribution in [0.3, 0.4) is 0 Å². The number of hydrogen-bond donors (Lipinski definition) is 10. The molecule has 9 rings (SSSR count). The van der Waals surface area contributed by atoms with E-state index in [1.165, 1.54) is 48.5 Å². The molecule has 9 aromatic rings. The summed E-state index contributed by atoms with van der Waals surface area (Å²) in [6.07, 6.45) is 0. The van der Waals surface area contributed by atoms with E-state index in [9.17, 15) is 88.0 Å². The molecule has 0 unspecified atom stereocenters. The lowest BCUT2D eigenvalue weighted by Gasteiger charge is -2.15. The Kier molecular flexibility index (Phi) is 15.7. The number of fused-ring (bicyclic) bond motifs is 2. The van der Waals surface area contributed by atoms with Gasteiger partial charge in [0.1, 0.15) is 42.3 Å². The standard InChI is InChI=1S/C44H28Cl2N12O20S6/c45-41-49-39(25-17-23(79(61,62)63)13-19-15-31(83(73,74)75)35(37(59)33(19)25)57-55-27-5-1-3-7-29(27)81(67,68)69)51-43(53-41)47-21-9-11-22(12-10-21)48-44-52-40(50-42(46)54-44)26-18-24(80(64,65)66)14-20-16-32(84(76,77)78)36(38(60)34(20)26)58-56-28-6-2-4-8-30(28)82(70,71)72/h1-18,59-60H,(H,61,62,63)(H,64,65,66)(H,67,68,69)(H,70,71,72)(H,73,74,75)(H,76,77,78)(H,47,49,51,53)(H,48,50,52,54). The third-order valence-electron chi connectivity index (χ3n) is 11.3. The molecular weight excluding hydrogens is 1280 g/mol. The summed E-state index contributed by atoms with van der Waals surface area (Å²) >= 11 is 12.6. The second-order valence-electron chi connectivity index (χ2n) is 16.8. The van der Waals surface area contributed by atoms with Crippen molar-refractivity contribution in [1.29, 1.82) is 0 Å². The van der Waals surface area contributed by atoms with Gasteiger partial charge in [0, 0.05) is 33.3 Å². The first kappa shape index (κ1) is 60.1. The van der Waals surface area contributed by atoms with E-state index in [2.05, 4.69) is 61.0 Å². The number of hydrogen-bond acceptors (Lipinski definition) is 26. The van der Waals surface area contributed by atoms with E-state index in [0.717, 1.165) is 36.4 Å². The molecule has 434 valence electrons. The maximum Gasteiger partial charge on any atom is 0.296 e. The van der Waals surface area contributed by atoms with Gasteiger partial charge in [-0.2, -0.15) is 80.4 Å². The van der Waals surface area contributed by atoms with Gasteiger partial charge in [-0.15, -0.1) is 20.5 Å². The second-order valence-corrected chi connectivity index (χ2v) is 25.9. The quantitative estimate of drug-likeness (QED) is 0.0321. The van der Waals surface area contributed by atoms with Crippen molar-refractivity contribution >= 4 is 151 Å². The zero-order valence-electron chi connectivity index (χ0n) is 40.5. The maximum absolute atomic E-state index is 12.7. The Balaban J connectivity index is 1.08. The molecule has 0 radical (unpaired) electrons. The molecule has 0 aliphatic heterocycles. The van der Waals surface area contributed by atoms with E-state index >= 15 is 0 Å². The van der Waals surface area contributed by atoms with Crippen molar-refractivity contribution in [3.63, 3.8) is 0 Å². The van der Waals surface area contributed by atoms with E-state index in [4.69, 9.17) is 23.2 Å². The molecule has 84 heavy (non-hydrogen) atoms. The van der Waals surface area contributed by atoms with Crippen molar-refractivity contribution in [2.24, 2.45) is 20.5 Å². The molecule has 0 spiro atoms. The molecular formula is C44H28Cl2N12O20S6. The highest BCUT2D eigenvalue weighted by Crippen LogP contribution is 2.48. The Morgan fingerprint density at radius 3 is 1.04 bits per heavy atom. The summed E-state index contributed by atoms with van der Waals surface area (Å²) in [6.45, 7) is 0. The normalized spacial score (nSPS) is 12.9. The molecule has 0 atom stereocenters. The fourth-order valence-electron chi connectivity index (χ4n) is 7.83. The van der Waals surface area contributed by atoms with E-state index in [0.29, 0.717) is 24.3 Å². The molecule has 32 nitrogen and oxygen atoms in total. The van der Waals surface area contributed by atoms with Gasteiger partial charge >= 0.3 is 0 Å². The first-order valence-electron chi connectivity index (χ1n) is 22.1. The Labute approximate surface area is 480 Å². The van der Waals surface area contributed by atoms with Crippen molar-refractivity contribution in [2.75, 3.05) is 10.6 Å². The molecule has 40 heteroatoms. The van der Waals surface area contributed by atoms with Crippen LogP contribution in [-0.2, 0) is 60.7 Å². The zero-order valence-corrected chi connectivity index (χ0v) is 47.0. The molecule has 0 aliphatic carbocycles. The van der Waals surface area contributed by atoms with Gasteiger partial charge in [-0.25, -0.2) is 0 Å². The number of nitrogens with one attached hydrogen (secondary N) is 2. The predicted molar refractivity (Wildman–Crippen MR) is 292 cm³/mol. The summed E-state index contributed by atoms with van der Waals surface area (Å²) in [4.78, 5) is 18.7. The Hall–Kier alpha value is -8.48. The number of benzene rings is 7. The number of phenolic OH excluding ortho intramolecular Hbond substituents is 2. The van der Waals surface area contributed by atoms with Crippen LogP contribution < -0.4 is 10.6 Å². The van der Waals surface area contributed by atoms with Crippen molar-refractivity contribution < 1.29 is 88.0 Å². The number of nitrogens with zero attached hydrogens (tertiary/aromatic N) is 10. The molecule has 10 N–H and O–H groups in total. The number of halogens is 2. The monoisotopic (exact) mass is 1310 g/mol. The second kappa shape index (κ2) is 21.9. The lowest BCUT2D eigenvalue weighted by atomic mass is 10.0. The van der Waals surface area contributed by atoms with E-state index in [1.54, 1.807) is 0 Å². The fraction of sp³-hybridized carbons (Fsp3) is 0. The number of anilines is 4. The third-order valence-corrected chi connectivity index (χ3v) is 16.8. The van der Waals surface area contributed by atoms with E-state index in [1.807, 2.05) is 0 Å². The van der Waals surface area contributed by atoms with Gasteiger partial charge in [-0.3, -0.25) is 27.3 Å². The topological polar surface area (TPSA) is 518 Å². The molecule has 2 heterocycles. The minimum atomic E-state index is -5.40. The number of rotatable bonds is 16. The first-order valence-corrected chi connectivity index (χ1v) is 31.5.